The first-order valence-corrected chi connectivity index (χ1v) is 9.89. The van der Waals surface area contributed by atoms with Crippen LogP contribution in [0.1, 0.15) is 35.9 Å². The average Bonchev–Trinajstić information content (AvgIpc) is 3.52. The van der Waals surface area contributed by atoms with E-state index in [0.717, 1.165) is 18.4 Å². The molecule has 2 heterocycles. The van der Waals surface area contributed by atoms with E-state index in [1.54, 1.807) is 6.92 Å². The predicted octanol–water partition coefficient (Wildman–Crippen LogP) is 0.992. The van der Waals surface area contributed by atoms with Crippen LogP contribution in [0.4, 0.5) is 10.6 Å². The van der Waals surface area contributed by atoms with Crippen LogP contribution >= 0.6 is 0 Å². The lowest BCUT2D eigenvalue weighted by Gasteiger charge is -2.06. The summed E-state index contributed by atoms with van der Waals surface area (Å²) in [6.07, 6.45) is 1.56. The number of anilines is 1. The zero-order valence-corrected chi connectivity index (χ0v) is 17.1. The number of nitrogens with two attached hydrogens (primary N) is 2. The standard InChI is InChI=1S/C17H18N6O2.C3H7NO2/c18-13-12-15(22-14(21-13)16(24)19-8-10-6-7-10)23(17(25)20-12)9-11-4-2-1-3-5-11;1-2-6-3(4)5/h1-5,10H,6-9H2,(H,19,24)(H,20,25)(H2,18,21,22);2H2,1H3,(H2,4,5). The molecule has 11 heteroatoms. The lowest BCUT2D eigenvalue weighted by Crippen LogP contribution is -2.28. The van der Waals surface area contributed by atoms with Gasteiger partial charge in [0.05, 0.1) is 13.2 Å². The highest BCUT2D eigenvalue weighted by atomic mass is 16.5. The van der Waals surface area contributed by atoms with Gasteiger partial charge in [-0.2, -0.15) is 0 Å². The first-order valence-electron chi connectivity index (χ1n) is 9.89. The van der Waals surface area contributed by atoms with Gasteiger partial charge >= 0.3 is 11.8 Å². The monoisotopic (exact) mass is 427 g/mol. The molecule has 0 saturated heterocycles. The Hall–Kier alpha value is -3.89. The van der Waals surface area contributed by atoms with Gasteiger partial charge in [0.15, 0.2) is 11.5 Å². The molecule has 1 saturated carbocycles. The molecule has 6 N–H and O–H groups in total. The van der Waals surface area contributed by atoms with E-state index in [1.165, 1.54) is 4.57 Å². The third-order valence-electron chi connectivity index (χ3n) is 4.57. The summed E-state index contributed by atoms with van der Waals surface area (Å²) in [4.78, 5) is 45.1. The Morgan fingerprint density at radius 2 is 1.97 bits per heavy atom. The molecule has 0 atom stereocenters. The van der Waals surface area contributed by atoms with Crippen LogP contribution in [0.15, 0.2) is 35.1 Å². The molecule has 1 aliphatic rings. The second kappa shape index (κ2) is 9.74. The number of ether oxygens (including phenoxy) is 1. The SMILES string of the molecule is CCOC(N)=O.Nc1nc(C(=O)NCC2CC2)nc2c1[nH]c(=O)n2Cc1ccccc1. The molecule has 1 aliphatic carbocycles. The van der Waals surface area contributed by atoms with Crippen molar-refractivity contribution in [2.45, 2.75) is 26.3 Å². The molecular weight excluding hydrogens is 402 g/mol. The van der Waals surface area contributed by atoms with E-state index < -0.39 is 6.09 Å². The minimum atomic E-state index is -0.711. The molecule has 0 bridgehead atoms. The number of carbonyl (C=O) groups excluding carboxylic acids is 2. The highest BCUT2D eigenvalue weighted by Gasteiger charge is 2.23. The van der Waals surface area contributed by atoms with Crippen LogP contribution in [0.5, 0.6) is 0 Å². The Kier molecular flexibility index (Phi) is 6.85. The Balaban J connectivity index is 0.000000401. The van der Waals surface area contributed by atoms with Crippen molar-refractivity contribution in [3.05, 3.63) is 52.2 Å². The van der Waals surface area contributed by atoms with E-state index >= 15 is 0 Å². The van der Waals surface area contributed by atoms with E-state index in [9.17, 15) is 14.4 Å². The summed E-state index contributed by atoms with van der Waals surface area (Å²) in [7, 11) is 0. The number of aromatic nitrogens is 4. The van der Waals surface area contributed by atoms with Gasteiger partial charge in [-0.25, -0.2) is 19.6 Å². The Morgan fingerprint density at radius 1 is 1.26 bits per heavy atom. The van der Waals surface area contributed by atoms with Crippen molar-refractivity contribution in [2.75, 3.05) is 18.9 Å². The fraction of sp³-hybridized carbons (Fsp3) is 0.350. The van der Waals surface area contributed by atoms with E-state index in [-0.39, 0.29) is 23.2 Å². The number of nitrogen functional groups attached to an aromatic ring is 1. The molecule has 0 radical (unpaired) electrons. The highest BCUT2D eigenvalue weighted by Crippen LogP contribution is 2.27. The predicted molar refractivity (Wildman–Crippen MR) is 114 cm³/mol. The second-order valence-corrected chi connectivity index (χ2v) is 7.04. The summed E-state index contributed by atoms with van der Waals surface area (Å²) in [5, 5.41) is 2.81. The molecule has 0 aliphatic heterocycles. The summed E-state index contributed by atoms with van der Waals surface area (Å²) >= 11 is 0. The van der Waals surface area contributed by atoms with Crippen LogP contribution in [0.3, 0.4) is 0 Å². The van der Waals surface area contributed by atoms with Crippen LogP contribution in [-0.4, -0.2) is 44.7 Å². The third-order valence-corrected chi connectivity index (χ3v) is 4.57. The number of aromatic amines is 1. The Bertz CT molecular complexity index is 1120. The summed E-state index contributed by atoms with van der Waals surface area (Å²) in [5.74, 6) is 0.242. The molecule has 1 aromatic carbocycles. The molecular formula is C20H25N7O4. The molecule has 2 amide bonds. The summed E-state index contributed by atoms with van der Waals surface area (Å²) in [6, 6.07) is 9.53. The summed E-state index contributed by atoms with van der Waals surface area (Å²) in [5.41, 5.74) is 11.8. The number of rotatable bonds is 6. The number of fused-ring (bicyclic) bond motifs is 1. The molecule has 164 valence electrons. The van der Waals surface area contributed by atoms with Gasteiger partial charge in [0.2, 0.25) is 5.82 Å². The maximum Gasteiger partial charge on any atom is 0.404 e. The number of imidazole rings is 1. The van der Waals surface area contributed by atoms with Gasteiger partial charge < -0.3 is 26.5 Å². The number of primary amides is 1. The number of hydrogen-bond acceptors (Lipinski definition) is 7. The fourth-order valence-electron chi connectivity index (χ4n) is 2.85. The lowest BCUT2D eigenvalue weighted by molar-refractivity contribution is 0.0941. The summed E-state index contributed by atoms with van der Waals surface area (Å²) < 4.78 is 5.64. The van der Waals surface area contributed by atoms with Crippen molar-refractivity contribution in [1.29, 1.82) is 0 Å². The van der Waals surface area contributed by atoms with E-state index in [0.29, 0.717) is 36.8 Å². The van der Waals surface area contributed by atoms with Gasteiger partial charge in [0, 0.05) is 6.54 Å². The zero-order valence-electron chi connectivity index (χ0n) is 17.1. The smallest absolute Gasteiger partial charge is 0.404 e. The Labute approximate surface area is 177 Å². The van der Waals surface area contributed by atoms with E-state index in [1.807, 2.05) is 30.3 Å². The van der Waals surface area contributed by atoms with Gasteiger partial charge in [-0.3, -0.25) is 9.36 Å². The molecule has 11 nitrogen and oxygen atoms in total. The third kappa shape index (κ3) is 5.81. The first kappa shape index (κ1) is 21.8. The van der Waals surface area contributed by atoms with Crippen LogP contribution in [-0.2, 0) is 11.3 Å². The van der Waals surface area contributed by atoms with Gasteiger partial charge in [0.25, 0.3) is 5.91 Å². The van der Waals surface area contributed by atoms with Crippen LogP contribution < -0.4 is 22.5 Å². The molecule has 1 fully saturated rings. The van der Waals surface area contributed by atoms with Crippen molar-refractivity contribution >= 4 is 29.0 Å². The zero-order chi connectivity index (χ0) is 22.4. The van der Waals surface area contributed by atoms with Gasteiger partial charge in [0.1, 0.15) is 5.52 Å². The normalized spacial score (nSPS) is 12.7. The number of amides is 2. The Morgan fingerprint density at radius 3 is 2.55 bits per heavy atom. The minimum absolute atomic E-state index is 0.0218. The van der Waals surface area contributed by atoms with Crippen molar-refractivity contribution in [1.82, 2.24) is 24.8 Å². The van der Waals surface area contributed by atoms with Crippen LogP contribution in [0.2, 0.25) is 0 Å². The topological polar surface area (TPSA) is 171 Å². The van der Waals surface area contributed by atoms with Crippen molar-refractivity contribution < 1.29 is 14.3 Å². The number of H-pyrrole nitrogens is 1. The van der Waals surface area contributed by atoms with Gasteiger partial charge in [-0.05, 0) is 31.2 Å². The number of benzene rings is 1. The van der Waals surface area contributed by atoms with E-state index in [2.05, 4.69) is 30.7 Å². The lowest BCUT2D eigenvalue weighted by atomic mass is 10.2. The number of nitrogens with zero attached hydrogens (tertiary/aromatic N) is 3. The highest BCUT2D eigenvalue weighted by molar-refractivity contribution is 5.94. The van der Waals surface area contributed by atoms with Crippen LogP contribution in [0, 0.1) is 5.92 Å². The molecule has 31 heavy (non-hydrogen) atoms. The fourth-order valence-corrected chi connectivity index (χ4v) is 2.85. The largest absolute Gasteiger partial charge is 0.450 e. The summed E-state index contributed by atoms with van der Waals surface area (Å²) in [6.45, 7) is 3.00. The number of carbonyl (C=O) groups is 2. The van der Waals surface area contributed by atoms with Crippen molar-refractivity contribution in [3.63, 3.8) is 0 Å². The maximum absolute atomic E-state index is 12.3. The quantitative estimate of drug-likeness (QED) is 0.454. The molecule has 3 aromatic rings. The number of nitrogens with one attached hydrogen (secondary N) is 2. The molecule has 4 rings (SSSR count). The van der Waals surface area contributed by atoms with Crippen molar-refractivity contribution in [3.8, 4) is 0 Å². The van der Waals surface area contributed by atoms with Gasteiger partial charge in [-0.15, -0.1) is 0 Å². The van der Waals surface area contributed by atoms with Crippen LogP contribution in [0.25, 0.3) is 11.2 Å². The maximum atomic E-state index is 12.3. The van der Waals surface area contributed by atoms with Gasteiger partial charge in [-0.1, -0.05) is 30.3 Å². The molecule has 0 unspecified atom stereocenters. The number of hydrogen-bond donors (Lipinski definition) is 4. The first-order chi connectivity index (χ1) is 14.9. The van der Waals surface area contributed by atoms with E-state index in [4.69, 9.17) is 5.73 Å². The molecule has 0 spiro atoms. The average molecular weight is 427 g/mol. The minimum Gasteiger partial charge on any atom is -0.450 e. The van der Waals surface area contributed by atoms with Crippen molar-refractivity contribution in [2.24, 2.45) is 11.7 Å². The second-order valence-electron chi connectivity index (χ2n) is 7.04. The molecule has 2 aromatic heterocycles.